The van der Waals surface area contributed by atoms with Gasteiger partial charge in [-0.05, 0) is 68.9 Å². The Kier molecular flexibility index (Phi) is 9.10. The number of urea groups is 2. The largest absolute Gasteiger partial charge is 0.480 e. The van der Waals surface area contributed by atoms with E-state index in [9.17, 15) is 24.3 Å². The molecule has 0 bridgehead atoms. The average Bonchev–Trinajstić information content (AvgIpc) is 2.85. The Labute approximate surface area is 216 Å². The number of aliphatic carboxylic acids is 1. The second-order valence-corrected chi connectivity index (χ2v) is 9.50. The van der Waals surface area contributed by atoms with E-state index in [1.807, 2.05) is 32.9 Å². The zero-order chi connectivity index (χ0) is 27.1. The molecule has 2 aromatic carbocycles. The Morgan fingerprint density at radius 2 is 1.51 bits per heavy atom. The predicted octanol–water partition coefficient (Wildman–Crippen LogP) is 4.77. The molecule has 0 radical (unpaired) electrons. The summed E-state index contributed by atoms with van der Waals surface area (Å²) in [5.41, 5.74) is 4.04. The molecular weight excluding hydrogens is 474 g/mol. The summed E-state index contributed by atoms with van der Waals surface area (Å²) in [4.78, 5) is 50.0. The van der Waals surface area contributed by atoms with Crippen LogP contribution in [0.5, 0.6) is 0 Å². The van der Waals surface area contributed by atoms with Crippen LogP contribution in [0.15, 0.2) is 30.3 Å². The van der Waals surface area contributed by atoms with Crippen molar-refractivity contribution in [2.24, 2.45) is 5.92 Å². The van der Waals surface area contributed by atoms with Crippen LogP contribution in [0.2, 0.25) is 0 Å². The maximum atomic E-state index is 13.3. The molecular formula is C27H35N5O5. The molecule has 0 spiro atoms. The summed E-state index contributed by atoms with van der Waals surface area (Å²) >= 11 is 0. The summed E-state index contributed by atoms with van der Waals surface area (Å²) < 4.78 is 0. The summed E-state index contributed by atoms with van der Waals surface area (Å²) in [5, 5.41) is 23.0. The highest BCUT2D eigenvalue weighted by atomic mass is 16.4. The molecule has 1 fully saturated rings. The smallest absolute Gasteiger partial charge is 0.326 e. The molecule has 198 valence electrons. The summed E-state index contributed by atoms with van der Waals surface area (Å²) in [6.07, 6.45) is 4.37. The molecule has 1 saturated carbocycles. The lowest BCUT2D eigenvalue weighted by Gasteiger charge is -2.28. The van der Waals surface area contributed by atoms with E-state index in [4.69, 9.17) is 0 Å². The summed E-state index contributed by atoms with van der Waals surface area (Å²) in [6, 6.07) is 6.23. The summed E-state index contributed by atoms with van der Waals surface area (Å²) in [7, 11) is 1.47. The van der Waals surface area contributed by atoms with E-state index in [-0.39, 0.29) is 17.2 Å². The Morgan fingerprint density at radius 3 is 2.11 bits per heavy atom. The second-order valence-electron chi connectivity index (χ2n) is 9.50. The van der Waals surface area contributed by atoms with Gasteiger partial charge in [-0.3, -0.25) is 4.79 Å². The number of rotatable bonds is 7. The van der Waals surface area contributed by atoms with E-state index in [1.165, 1.54) is 25.2 Å². The SMILES string of the molecule is CNC(=O)Nc1ccc(C(=O)N[C@H](C(=O)O)C2CCCCC2)c(NC(=O)Nc2c(C)cc(C)cc2C)c1. The Bertz CT molecular complexity index is 1170. The Hall–Kier alpha value is -4.08. The number of carboxylic acid groups (broad SMARTS) is 1. The monoisotopic (exact) mass is 509 g/mol. The lowest BCUT2D eigenvalue weighted by molar-refractivity contribution is -0.141. The number of anilines is 3. The van der Waals surface area contributed by atoms with Crippen molar-refractivity contribution in [3.05, 3.63) is 52.6 Å². The number of amides is 5. The van der Waals surface area contributed by atoms with Gasteiger partial charge in [-0.2, -0.15) is 0 Å². The van der Waals surface area contributed by atoms with Gasteiger partial charge in [-0.25, -0.2) is 14.4 Å². The van der Waals surface area contributed by atoms with Crippen molar-refractivity contribution in [3.8, 4) is 0 Å². The summed E-state index contributed by atoms with van der Waals surface area (Å²) in [5.74, 6) is -1.87. The van der Waals surface area contributed by atoms with Gasteiger partial charge in [0.2, 0.25) is 0 Å². The fraction of sp³-hybridized carbons (Fsp3) is 0.407. The van der Waals surface area contributed by atoms with Gasteiger partial charge in [0.15, 0.2) is 0 Å². The molecule has 1 aliphatic rings. The normalized spacial score (nSPS) is 14.3. The highest BCUT2D eigenvalue weighted by Gasteiger charge is 2.31. The number of nitrogens with one attached hydrogen (secondary N) is 5. The van der Waals surface area contributed by atoms with E-state index in [1.54, 1.807) is 0 Å². The third-order valence-electron chi connectivity index (χ3n) is 6.59. The molecule has 0 unspecified atom stereocenters. The Morgan fingerprint density at radius 1 is 0.865 bits per heavy atom. The van der Waals surface area contributed by atoms with Gasteiger partial charge in [0.1, 0.15) is 6.04 Å². The van der Waals surface area contributed by atoms with E-state index in [0.717, 1.165) is 48.8 Å². The van der Waals surface area contributed by atoms with Crippen molar-refractivity contribution >= 4 is 41.0 Å². The van der Waals surface area contributed by atoms with Crippen LogP contribution in [-0.4, -0.2) is 42.1 Å². The average molecular weight is 510 g/mol. The zero-order valence-electron chi connectivity index (χ0n) is 21.7. The van der Waals surface area contributed by atoms with Gasteiger partial charge in [-0.15, -0.1) is 0 Å². The van der Waals surface area contributed by atoms with Crippen LogP contribution in [0.1, 0.15) is 59.2 Å². The summed E-state index contributed by atoms with van der Waals surface area (Å²) in [6.45, 7) is 5.75. The number of carboxylic acids is 1. The highest BCUT2D eigenvalue weighted by Crippen LogP contribution is 2.28. The van der Waals surface area contributed by atoms with Gasteiger partial charge < -0.3 is 31.7 Å². The number of carbonyl (C=O) groups excluding carboxylic acids is 3. The predicted molar refractivity (Wildman–Crippen MR) is 143 cm³/mol. The van der Waals surface area contributed by atoms with Gasteiger partial charge >= 0.3 is 18.0 Å². The lowest BCUT2D eigenvalue weighted by Crippen LogP contribution is -2.46. The van der Waals surface area contributed by atoms with Crippen molar-refractivity contribution in [1.82, 2.24) is 10.6 Å². The molecule has 2 aromatic rings. The molecule has 0 aromatic heterocycles. The van der Waals surface area contributed by atoms with Crippen molar-refractivity contribution < 1.29 is 24.3 Å². The molecule has 0 saturated heterocycles. The molecule has 1 aliphatic carbocycles. The van der Waals surface area contributed by atoms with E-state index in [0.29, 0.717) is 11.4 Å². The first-order chi connectivity index (χ1) is 17.6. The Balaban J connectivity index is 1.87. The van der Waals surface area contributed by atoms with Crippen LogP contribution >= 0.6 is 0 Å². The highest BCUT2D eigenvalue weighted by molar-refractivity contribution is 6.08. The van der Waals surface area contributed by atoms with Crippen molar-refractivity contribution in [3.63, 3.8) is 0 Å². The molecule has 6 N–H and O–H groups in total. The fourth-order valence-electron chi connectivity index (χ4n) is 4.83. The van der Waals surface area contributed by atoms with Gasteiger partial charge in [0.05, 0.1) is 11.3 Å². The van der Waals surface area contributed by atoms with E-state index in [2.05, 4.69) is 26.6 Å². The van der Waals surface area contributed by atoms with Crippen LogP contribution in [0, 0.1) is 26.7 Å². The molecule has 0 heterocycles. The molecule has 1 atom stereocenters. The number of carbonyl (C=O) groups is 4. The van der Waals surface area contributed by atoms with E-state index >= 15 is 0 Å². The minimum Gasteiger partial charge on any atom is -0.480 e. The zero-order valence-corrected chi connectivity index (χ0v) is 21.7. The van der Waals surface area contributed by atoms with Crippen LogP contribution in [-0.2, 0) is 4.79 Å². The van der Waals surface area contributed by atoms with Gasteiger partial charge in [-0.1, -0.05) is 37.0 Å². The van der Waals surface area contributed by atoms with Crippen molar-refractivity contribution in [2.45, 2.75) is 58.9 Å². The van der Waals surface area contributed by atoms with Crippen molar-refractivity contribution in [2.75, 3.05) is 23.0 Å². The number of hydrogen-bond donors (Lipinski definition) is 6. The molecule has 0 aliphatic heterocycles. The first-order valence-electron chi connectivity index (χ1n) is 12.4. The minimum atomic E-state index is -1.09. The maximum absolute atomic E-state index is 13.3. The fourth-order valence-corrected chi connectivity index (χ4v) is 4.83. The molecule has 3 rings (SSSR count). The number of hydrogen-bond acceptors (Lipinski definition) is 4. The van der Waals surface area contributed by atoms with Gasteiger partial charge in [0, 0.05) is 18.4 Å². The van der Waals surface area contributed by atoms with Crippen LogP contribution in [0.3, 0.4) is 0 Å². The standard InChI is InChI=1S/C27H35N5O5/c1-15-12-16(2)22(17(3)13-15)32-27(37)30-21-14-19(29-26(36)28-4)10-11-20(21)24(33)31-23(25(34)35)18-8-6-5-7-9-18/h10-14,18,23H,5-9H2,1-4H3,(H,31,33)(H,34,35)(H2,28,29,36)(H2,30,32,37)/t23-/m0/s1. The van der Waals surface area contributed by atoms with Gasteiger partial charge in [0.25, 0.3) is 5.91 Å². The quantitative estimate of drug-likeness (QED) is 0.318. The lowest BCUT2D eigenvalue weighted by atomic mass is 9.84. The number of benzene rings is 2. The minimum absolute atomic E-state index is 0.0806. The molecule has 10 heteroatoms. The van der Waals surface area contributed by atoms with Crippen LogP contribution in [0.4, 0.5) is 26.7 Å². The van der Waals surface area contributed by atoms with Crippen LogP contribution < -0.4 is 26.6 Å². The first kappa shape index (κ1) is 27.5. The number of aryl methyl sites for hydroxylation is 3. The maximum Gasteiger partial charge on any atom is 0.326 e. The third-order valence-corrected chi connectivity index (χ3v) is 6.59. The third kappa shape index (κ3) is 7.22. The van der Waals surface area contributed by atoms with E-state index < -0.39 is 30.0 Å². The van der Waals surface area contributed by atoms with Crippen LogP contribution in [0.25, 0.3) is 0 Å². The second kappa shape index (κ2) is 12.2. The molecule has 10 nitrogen and oxygen atoms in total. The first-order valence-corrected chi connectivity index (χ1v) is 12.4. The van der Waals surface area contributed by atoms with Crippen molar-refractivity contribution in [1.29, 1.82) is 0 Å². The molecule has 37 heavy (non-hydrogen) atoms. The molecule has 5 amide bonds. The topological polar surface area (TPSA) is 149 Å².